The monoisotopic (exact) mass is 401 g/mol. The van der Waals surface area contributed by atoms with Crippen LogP contribution in [0.25, 0.3) is 0 Å². The predicted octanol–water partition coefficient (Wildman–Crippen LogP) is 3.54. The first-order chi connectivity index (χ1) is 14.0. The molecule has 2 N–H and O–H groups in total. The van der Waals surface area contributed by atoms with Crippen molar-refractivity contribution in [2.24, 2.45) is 11.8 Å². The highest BCUT2D eigenvalue weighted by Gasteiger charge is 2.47. The Morgan fingerprint density at radius 1 is 1.34 bits per heavy atom. The summed E-state index contributed by atoms with van der Waals surface area (Å²) in [6.07, 6.45) is 3.18. The SMILES string of the molecule is CCc1cc(OC[C@@H]2[C@H]3CC[C@H](c4nc(C(=O)O)co4)O[C@H]3C[C@@H]2O)ccc1C. The highest BCUT2D eigenvalue weighted by molar-refractivity contribution is 5.84. The first-order valence-corrected chi connectivity index (χ1v) is 10.2. The van der Waals surface area contributed by atoms with E-state index in [0.717, 1.165) is 24.9 Å². The molecule has 2 heterocycles. The molecular weight excluding hydrogens is 374 g/mol. The van der Waals surface area contributed by atoms with Crippen LogP contribution >= 0.6 is 0 Å². The summed E-state index contributed by atoms with van der Waals surface area (Å²) in [5.41, 5.74) is 2.40. The number of aromatic nitrogens is 1. The van der Waals surface area contributed by atoms with Gasteiger partial charge in [-0.05, 0) is 55.4 Å². The number of aromatic carboxylic acids is 1. The Morgan fingerprint density at radius 3 is 2.90 bits per heavy atom. The lowest BCUT2D eigenvalue weighted by Crippen LogP contribution is -2.33. The standard InChI is InChI=1S/C22H27NO6/c1-3-13-8-14(5-4-12(13)2)27-10-16-15-6-7-19(29-20(15)9-18(16)24)21-23-17(11-28-21)22(25)26/h4-5,8,11,15-16,18-20,24H,3,6-7,9-10H2,1-2H3,(H,25,26)/t15-,16-,18+,19-,20+/m1/s1. The molecule has 1 saturated heterocycles. The van der Waals surface area contributed by atoms with Gasteiger partial charge in [0.1, 0.15) is 18.1 Å². The van der Waals surface area contributed by atoms with Crippen LogP contribution in [0.1, 0.15) is 59.8 Å². The summed E-state index contributed by atoms with van der Waals surface area (Å²) in [4.78, 5) is 15.0. The van der Waals surface area contributed by atoms with E-state index in [-0.39, 0.29) is 29.7 Å². The number of carboxylic acid groups (broad SMARTS) is 1. The zero-order valence-electron chi connectivity index (χ0n) is 16.7. The van der Waals surface area contributed by atoms with E-state index in [4.69, 9.17) is 19.0 Å². The molecule has 0 bridgehead atoms. The molecule has 1 aromatic heterocycles. The Kier molecular flexibility index (Phi) is 5.61. The average Bonchev–Trinajstić information content (AvgIpc) is 3.31. The molecule has 0 radical (unpaired) electrons. The van der Waals surface area contributed by atoms with Gasteiger partial charge in [0.25, 0.3) is 0 Å². The summed E-state index contributed by atoms with van der Waals surface area (Å²) >= 11 is 0. The lowest BCUT2D eigenvalue weighted by molar-refractivity contribution is -0.0910. The number of carboxylic acids is 1. The van der Waals surface area contributed by atoms with Crippen LogP contribution in [0.5, 0.6) is 5.75 Å². The largest absolute Gasteiger partial charge is 0.493 e. The number of ether oxygens (including phenoxy) is 2. The van der Waals surface area contributed by atoms with E-state index in [9.17, 15) is 9.90 Å². The molecule has 7 nitrogen and oxygen atoms in total. The van der Waals surface area contributed by atoms with E-state index in [2.05, 4.69) is 31.0 Å². The molecule has 0 unspecified atom stereocenters. The summed E-state index contributed by atoms with van der Waals surface area (Å²) in [7, 11) is 0. The fourth-order valence-electron chi connectivity index (χ4n) is 4.59. The lowest BCUT2D eigenvalue weighted by atomic mass is 9.87. The molecule has 4 rings (SSSR count). The van der Waals surface area contributed by atoms with Crippen molar-refractivity contribution < 1.29 is 28.9 Å². The highest BCUT2D eigenvalue weighted by Crippen LogP contribution is 2.45. The number of fused-ring (bicyclic) bond motifs is 1. The zero-order valence-corrected chi connectivity index (χ0v) is 16.7. The molecule has 2 aromatic rings. The number of aliphatic hydroxyl groups excluding tert-OH is 1. The van der Waals surface area contributed by atoms with Crippen LogP contribution in [0.4, 0.5) is 0 Å². The fourth-order valence-corrected chi connectivity index (χ4v) is 4.59. The van der Waals surface area contributed by atoms with Crippen molar-refractivity contribution in [3.63, 3.8) is 0 Å². The number of aryl methyl sites for hydroxylation is 2. The molecule has 1 saturated carbocycles. The maximum absolute atomic E-state index is 11.0. The van der Waals surface area contributed by atoms with Gasteiger partial charge in [0, 0.05) is 12.3 Å². The van der Waals surface area contributed by atoms with Crippen LogP contribution in [0.15, 0.2) is 28.9 Å². The van der Waals surface area contributed by atoms with E-state index in [1.165, 1.54) is 11.1 Å². The minimum atomic E-state index is -1.12. The normalized spacial score (nSPS) is 28.9. The topological polar surface area (TPSA) is 102 Å². The molecule has 1 aromatic carbocycles. The summed E-state index contributed by atoms with van der Waals surface area (Å²) in [6.45, 7) is 4.67. The Labute approximate surface area is 169 Å². The van der Waals surface area contributed by atoms with E-state index in [1.807, 2.05) is 6.07 Å². The first kappa shape index (κ1) is 19.9. The molecule has 156 valence electrons. The van der Waals surface area contributed by atoms with Crippen LogP contribution in [0, 0.1) is 18.8 Å². The number of rotatable bonds is 6. The van der Waals surface area contributed by atoms with Gasteiger partial charge in [-0.25, -0.2) is 9.78 Å². The van der Waals surface area contributed by atoms with Gasteiger partial charge < -0.3 is 24.1 Å². The zero-order chi connectivity index (χ0) is 20.5. The van der Waals surface area contributed by atoms with Gasteiger partial charge in [0.05, 0.1) is 18.8 Å². The Balaban J connectivity index is 1.39. The molecule has 5 atom stereocenters. The maximum atomic E-state index is 11.0. The Morgan fingerprint density at radius 2 is 2.17 bits per heavy atom. The second-order valence-electron chi connectivity index (χ2n) is 8.00. The maximum Gasteiger partial charge on any atom is 0.357 e. The second kappa shape index (κ2) is 8.16. The molecule has 1 aliphatic carbocycles. The van der Waals surface area contributed by atoms with Crippen molar-refractivity contribution in [1.82, 2.24) is 4.98 Å². The molecule has 0 amide bonds. The van der Waals surface area contributed by atoms with Gasteiger partial charge in [-0.1, -0.05) is 13.0 Å². The Bertz CT molecular complexity index is 878. The number of benzene rings is 1. The van der Waals surface area contributed by atoms with Gasteiger partial charge in [-0.3, -0.25) is 0 Å². The molecule has 2 aliphatic rings. The molecule has 2 fully saturated rings. The molecule has 29 heavy (non-hydrogen) atoms. The number of carbonyl (C=O) groups is 1. The highest BCUT2D eigenvalue weighted by atomic mass is 16.5. The third-order valence-electron chi connectivity index (χ3n) is 6.26. The van der Waals surface area contributed by atoms with Crippen LogP contribution in [-0.4, -0.2) is 40.0 Å². The summed E-state index contributed by atoms with van der Waals surface area (Å²) in [5, 5.41) is 19.6. The van der Waals surface area contributed by atoms with Gasteiger partial charge in [0.15, 0.2) is 5.69 Å². The summed E-state index contributed by atoms with van der Waals surface area (Å²) in [6, 6.07) is 6.12. The van der Waals surface area contributed by atoms with Crippen LogP contribution in [0.2, 0.25) is 0 Å². The van der Waals surface area contributed by atoms with Crippen LogP contribution < -0.4 is 4.74 Å². The van der Waals surface area contributed by atoms with Crippen molar-refractivity contribution in [3.8, 4) is 5.75 Å². The van der Waals surface area contributed by atoms with Crippen molar-refractivity contribution in [1.29, 1.82) is 0 Å². The average molecular weight is 401 g/mol. The van der Waals surface area contributed by atoms with Gasteiger partial charge in [-0.2, -0.15) is 0 Å². The van der Waals surface area contributed by atoms with E-state index >= 15 is 0 Å². The van der Waals surface area contributed by atoms with Gasteiger partial charge >= 0.3 is 5.97 Å². The number of nitrogens with zero attached hydrogens (tertiary/aromatic N) is 1. The van der Waals surface area contributed by atoms with Gasteiger partial charge in [-0.15, -0.1) is 0 Å². The molecule has 7 heteroatoms. The van der Waals surface area contributed by atoms with Crippen LogP contribution in [0.3, 0.4) is 0 Å². The number of hydrogen-bond donors (Lipinski definition) is 2. The minimum absolute atomic E-state index is 0.00599. The number of oxazole rings is 1. The summed E-state index contributed by atoms with van der Waals surface area (Å²) < 4.78 is 17.5. The van der Waals surface area contributed by atoms with Gasteiger partial charge in [0.2, 0.25) is 5.89 Å². The third kappa shape index (κ3) is 4.02. The molecular formula is C22H27NO6. The minimum Gasteiger partial charge on any atom is -0.493 e. The van der Waals surface area contributed by atoms with Crippen molar-refractivity contribution in [2.45, 2.75) is 57.8 Å². The van der Waals surface area contributed by atoms with E-state index in [0.29, 0.717) is 25.3 Å². The molecule has 1 aliphatic heterocycles. The molecule has 0 spiro atoms. The lowest BCUT2D eigenvalue weighted by Gasteiger charge is -2.33. The van der Waals surface area contributed by atoms with Crippen molar-refractivity contribution in [3.05, 3.63) is 47.2 Å². The Hall–Kier alpha value is -2.38. The smallest absolute Gasteiger partial charge is 0.357 e. The quantitative estimate of drug-likeness (QED) is 0.763. The predicted molar refractivity (Wildman–Crippen MR) is 104 cm³/mol. The van der Waals surface area contributed by atoms with E-state index < -0.39 is 12.1 Å². The van der Waals surface area contributed by atoms with Crippen molar-refractivity contribution >= 4 is 5.97 Å². The van der Waals surface area contributed by atoms with Crippen molar-refractivity contribution in [2.75, 3.05) is 6.61 Å². The first-order valence-electron chi connectivity index (χ1n) is 10.2. The second-order valence-corrected chi connectivity index (χ2v) is 8.00. The number of hydrogen-bond acceptors (Lipinski definition) is 6. The fraction of sp³-hybridized carbons (Fsp3) is 0.545. The van der Waals surface area contributed by atoms with Crippen LogP contribution in [-0.2, 0) is 11.2 Å². The summed E-state index contributed by atoms with van der Waals surface area (Å²) in [5.74, 6) is 0.211. The van der Waals surface area contributed by atoms with E-state index in [1.54, 1.807) is 0 Å². The third-order valence-corrected chi connectivity index (χ3v) is 6.26. The number of aliphatic hydroxyl groups is 1.